The molecule has 6 heteroatoms. The van der Waals surface area contributed by atoms with Gasteiger partial charge in [0.05, 0.1) is 10.9 Å². The molecule has 0 amide bonds. The van der Waals surface area contributed by atoms with Gasteiger partial charge in [0.1, 0.15) is 12.1 Å². The van der Waals surface area contributed by atoms with Gasteiger partial charge in [0.25, 0.3) is 5.56 Å². The van der Waals surface area contributed by atoms with Gasteiger partial charge in [0.15, 0.2) is 0 Å². The van der Waals surface area contributed by atoms with Gasteiger partial charge in [-0.15, -0.1) is 0 Å². The van der Waals surface area contributed by atoms with E-state index in [-0.39, 0.29) is 6.54 Å². The Balaban J connectivity index is 2.48. The van der Waals surface area contributed by atoms with E-state index in [1.165, 1.54) is 4.57 Å². The first-order valence-electron chi connectivity index (χ1n) is 6.21. The van der Waals surface area contributed by atoms with E-state index in [0.29, 0.717) is 10.9 Å². The molecule has 0 saturated heterocycles. The second-order valence-electron chi connectivity index (χ2n) is 5.45. The fourth-order valence-electron chi connectivity index (χ4n) is 1.90. The molecule has 1 aromatic carbocycles. The summed E-state index contributed by atoms with van der Waals surface area (Å²) in [4.78, 5) is 37.6. The second-order valence-corrected chi connectivity index (χ2v) is 5.45. The predicted octanol–water partition coefficient (Wildman–Crippen LogP) is 1.03. The number of hydrogen-bond donors (Lipinski definition) is 1. The van der Waals surface area contributed by atoms with Crippen molar-refractivity contribution in [2.24, 2.45) is 0 Å². The molecule has 0 aliphatic heterocycles. The molecule has 0 aliphatic rings. The third kappa shape index (κ3) is 2.96. The number of rotatable bonds is 2. The SMILES string of the molecule is CC(C)(C)OC(=O)Cn1c(=O)[nH]c(=O)c2ccccc21. The number of esters is 1. The number of nitrogens with zero attached hydrogens (tertiary/aromatic N) is 1. The summed E-state index contributed by atoms with van der Waals surface area (Å²) >= 11 is 0. The van der Waals surface area contributed by atoms with Gasteiger partial charge in [-0.1, -0.05) is 12.1 Å². The summed E-state index contributed by atoms with van der Waals surface area (Å²) in [5.74, 6) is -0.531. The standard InChI is InChI=1S/C14H16N2O4/c1-14(2,3)20-11(17)8-16-10-7-5-4-6-9(10)12(18)15-13(16)19/h4-7H,8H2,1-3H3,(H,15,18,19). The number of aromatic amines is 1. The van der Waals surface area contributed by atoms with Gasteiger partial charge in [-0.3, -0.25) is 19.1 Å². The van der Waals surface area contributed by atoms with Gasteiger partial charge in [-0.25, -0.2) is 4.79 Å². The molecule has 0 bridgehead atoms. The molecule has 0 unspecified atom stereocenters. The quantitative estimate of drug-likeness (QED) is 0.831. The van der Waals surface area contributed by atoms with Crippen LogP contribution in [0.2, 0.25) is 0 Å². The molecule has 0 saturated carbocycles. The van der Waals surface area contributed by atoms with Crippen LogP contribution in [0.3, 0.4) is 0 Å². The van der Waals surface area contributed by atoms with E-state index in [0.717, 1.165) is 0 Å². The monoisotopic (exact) mass is 276 g/mol. The van der Waals surface area contributed by atoms with Crippen molar-refractivity contribution in [1.29, 1.82) is 0 Å². The molecule has 1 N–H and O–H groups in total. The van der Waals surface area contributed by atoms with Gasteiger partial charge in [-0.2, -0.15) is 0 Å². The normalized spacial score (nSPS) is 11.6. The summed E-state index contributed by atoms with van der Waals surface area (Å²) in [5.41, 5.74) is -1.31. The molecular formula is C14H16N2O4. The number of para-hydroxylation sites is 1. The highest BCUT2D eigenvalue weighted by molar-refractivity contribution is 5.79. The average molecular weight is 276 g/mol. The van der Waals surface area contributed by atoms with Gasteiger partial charge in [0.2, 0.25) is 0 Å². The van der Waals surface area contributed by atoms with Crippen molar-refractivity contribution in [2.75, 3.05) is 0 Å². The highest BCUT2D eigenvalue weighted by atomic mass is 16.6. The largest absolute Gasteiger partial charge is 0.459 e. The van der Waals surface area contributed by atoms with E-state index < -0.39 is 22.8 Å². The summed E-state index contributed by atoms with van der Waals surface area (Å²) in [6.45, 7) is 5.00. The molecular weight excluding hydrogens is 260 g/mol. The Bertz CT molecular complexity index is 765. The van der Waals surface area contributed by atoms with E-state index in [9.17, 15) is 14.4 Å². The molecule has 0 fully saturated rings. The van der Waals surface area contributed by atoms with Crippen molar-refractivity contribution in [1.82, 2.24) is 9.55 Å². The molecule has 2 aromatic rings. The van der Waals surface area contributed by atoms with E-state index in [2.05, 4.69) is 4.98 Å². The number of carbonyl (C=O) groups is 1. The molecule has 0 spiro atoms. The van der Waals surface area contributed by atoms with Gasteiger partial charge >= 0.3 is 11.7 Å². The Hall–Kier alpha value is -2.37. The van der Waals surface area contributed by atoms with Crippen molar-refractivity contribution < 1.29 is 9.53 Å². The minimum Gasteiger partial charge on any atom is -0.459 e. The molecule has 6 nitrogen and oxygen atoms in total. The second kappa shape index (κ2) is 4.96. The number of fused-ring (bicyclic) bond motifs is 1. The zero-order chi connectivity index (χ0) is 14.9. The number of nitrogens with one attached hydrogen (secondary N) is 1. The van der Waals surface area contributed by atoms with Gasteiger partial charge in [0, 0.05) is 0 Å². The van der Waals surface area contributed by atoms with Crippen LogP contribution in [0.5, 0.6) is 0 Å². The Kier molecular flexibility index (Phi) is 3.48. The Morgan fingerprint density at radius 2 is 1.90 bits per heavy atom. The van der Waals surface area contributed by atoms with Crippen LogP contribution in [0.4, 0.5) is 0 Å². The molecule has 2 rings (SSSR count). The third-order valence-electron chi connectivity index (χ3n) is 2.61. The number of H-pyrrole nitrogens is 1. The zero-order valence-electron chi connectivity index (χ0n) is 11.6. The van der Waals surface area contributed by atoms with Crippen molar-refractivity contribution in [3.63, 3.8) is 0 Å². The summed E-state index contributed by atoms with van der Waals surface area (Å²) in [7, 11) is 0. The summed E-state index contributed by atoms with van der Waals surface area (Å²) in [5, 5.41) is 0.357. The maximum atomic E-state index is 11.9. The number of aromatic nitrogens is 2. The van der Waals surface area contributed by atoms with Crippen LogP contribution < -0.4 is 11.2 Å². The van der Waals surface area contributed by atoms with Crippen molar-refractivity contribution in [3.05, 3.63) is 45.1 Å². The van der Waals surface area contributed by atoms with Gasteiger partial charge < -0.3 is 4.74 Å². The Morgan fingerprint density at radius 3 is 2.55 bits per heavy atom. The predicted molar refractivity (Wildman–Crippen MR) is 74.7 cm³/mol. The molecule has 20 heavy (non-hydrogen) atoms. The number of hydrogen-bond acceptors (Lipinski definition) is 4. The van der Waals surface area contributed by atoms with E-state index in [1.807, 2.05) is 0 Å². The minimum absolute atomic E-state index is 0.243. The van der Waals surface area contributed by atoms with E-state index in [4.69, 9.17) is 4.74 Å². The van der Waals surface area contributed by atoms with Crippen LogP contribution in [-0.2, 0) is 16.1 Å². The van der Waals surface area contributed by atoms with E-state index in [1.54, 1.807) is 45.0 Å². The smallest absolute Gasteiger partial charge is 0.329 e. The molecule has 1 heterocycles. The van der Waals surface area contributed by atoms with Crippen LogP contribution in [-0.4, -0.2) is 21.1 Å². The van der Waals surface area contributed by atoms with Crippen molar-refractivity contribution in [2.45, 2.75) is 32.9 Å². The summed E-state index contributed by atoms with van der Waals surface area (Å²) in [6, 6.07) is 6.61. The van der Waals surface area contributed by atoms with Crippen molar-refractivity contribution >= 4 is 16.9 Å². The number of benzene rings is 1. The lowest BCUT2D eigenvalue weighted by atomic mass is 10.2. The molecule has 1 aromatic heterocycles. The number of ether oxygens (including phenoxy) is 1. The topological polar surface area (TPSA) is 81.2 Å². The Labute approximate surface area is 115 Å². The lowest BCUT2D eigenvalue weighted by Crippen LogP contribution is -2.34. The maximum absolute atomic E-state index is 11.9. The lowest BCUT2D eigenvalue weighted by molar-refractivity contribution is -0.155. The molecule has 0 aliphatic carbocycles. The fraction of sp³-hybridized carbons (Fsp3) is 0.357. The van der Waals surface area contributed by atoms with Crippen LogP contribution in [0.1, 0.15) is 20.8 Å². The first-order valence-corrected chi connectivity index (χ1v) is 6.21. The maximum Gasteiger partial charge on any atom is 0.329 e. The average Bonchev–Trinajstić information content (AvgIpc) is 2.32. The zero-order valence-corrected chi connectivity index (χ0v) is 11.6. The first kappa shape index (κ1) is 14.0. The Morgan fingerprint density at radius 1 is 1.25 bits per heavy atom. The molecule has 0 radical (unpaired) electrons. The van der Waals surface area contributed by atoms with Crippen LogP contribution in [0, 0.1) is 0 Å². The fourth-order valence-corrected chi connectivity index (χ4v) is 1.90. The van der Waals surface area contributed by atoms with Crippen LogP contribution >= 0.6 is 0 Å². The van der Waals surface area contributed by atoms with Crippen LogP contribution in [0.15, 0.2) is 33.9 Å². The highest BCUT2D eigenvalue weighted by Gasteiger charge is 2.18. The molecule has 106 valence electrons. The summed E-state index contributed by atoms with van der Waals surface area (Å²) < 4.78 is 6.38. The third-order valence-corrected chi connectivity index (χ3v) is 2.61. The minimum atomic E-state index is -0.626. The number of carbonyl (C=O) groups excluding carboxylic acids is 1. The molecule has 0 atom stereocenters. The van der Waals surface area contributed by atoms with Crippen molar-refractivity contribution in [3.8, 4) is 0 Å². The highest BCUT2D eigenvalue weighted by Crippen LogP contribution is 2.10. The van der Waals surface area contributed by atoms with Crippen LogP contribution in [0.25, 0.3) is 10.9 Å². The first-order chi connectivity index (χ1) is 9.28. The van der Waals surface area contributed by atoms with E-state index >= 15 is 0 Å². The lowest BCUT2D eigenvalue weighted by Gasteiger charge is -2.20. The van der Waals surface area contributed by atoms with Gasteiger partial charge in [-0.05, 0) is 32.9 Å². The summed E-state index contributed by atoms with van der Waals surface area (Å²) in [6.07, 6.45) is 0.